The van der Waals surface area contributed by atoms with Crippen molar-refractivity contribution in [2.24, 2.45) is 0 Å². The molecule has 1 amide bonds. The Labute approximate surface area is 129 Å². The summed E-state index contributed by atoms with van der Waals surface area (Å²) in [6.07, 6.45) is 0. The second-order valence-electron chi connectivity index (χ2n) is 4.78. The summed E-state index contributed by atoms with van der Waals surface area (Å²) in [4.78, 5) is 14.7. The average Bonchev–Trinajstić information content (AvgIpc) is 3.00. The smallest absolute Gasteiger partial charge is 0.279 e. The first-order chi connectivity index (χ1) is 10.2. The van der Waals surface area contributed by atoms with E-state index < -0.39 is 0 Å². The number of hydrogen-bond donors (Lipinski definition) is 2. The highest BCUT2D eigenvalue weighted by Gasteiger charge is 2.15. The first-order valence-corrected chi connectivity index (χ1v) is 7.89. The molecule has 21 heavy (non-hydrogen) atoms. The maximum Gasteiger partial charge on any atom is 0.279 e. The number of benzene rings is 1. The van der Waals surface area contributed by atoms with Crippen LogP contribution in [-0.2, 0) is 11.3 Å². The van der Waals surface area contributed by atoms with Gasteiger partial charge in [-0.1, -0.05) is 18.2 Å². The lowest BCUT2D eigenvalue weighted by Crippen LogP contribution is -3.11. The predicted molar refractivity (Wildman–Crippen MR) is 86.0 cm³/mol. The molecular weight excluding hydrogens is 284 g/mol. The number of quaternary nitrogens is 1. The summed E-state index contributed by atoms with van der Waals surface area (Å²) in [6, 6.07) is 11.6. The van der Waals surface area contributed by atoms with Gasteiger partial charge in [0.25, 0.3) is 5.91 Å². The number of hydrogen-bond acceptors (Lipinski definition) is 3. The van der Waals surface area contributed by atoms with E-state index in [1.807, 2.05) is 30.3 Å². The molecule has 0 saturated heterocycles. The summed E-state index contributed by atoms with van der Waals surface area (Å²) in [5.41, 5.74) is 0.719. The monoisotopic (exact) mass is 305 g/mol. The Morgan fingerprint density at radius 3 is 2.76 bits per heavy atom. The zero-order valence-electron chi connectivity index (χ0n) is 12.4. The summed E-state index contributed by atoms with van der Waals surface area (Å²) in [6.45, 7) is 4.34. The molecule has 0 bridgehead atoms. The minimum atomic E-state index is 0.00732. The fraction of sp³-hybridized carbons (Fsp3) is 0.312. The first kappa shape index (κ1) is 15.5. The van der Waals surface area contributed by atoms with Gasteiger partial charge < -0.3 is 15.0 Å². The van der Waals surface area contributed by atoms with Crippen LogP contribution in [0.15, 0.2) is 41.8 Å². The number of rotatable bonds is 7. The van der Waals surface area contributed by atoms with Gasteiger partial charge in [0.1, 0.15) is 12.3 Å². The van der Waals surface area contributed by atoms with E-state index >= 15 is 0 Å². The van der Waals surface area contributed by atoms with Gasteiger partial charge in [0, 0.05) is 0 Å². The Morgan fingerprint density at radius 1 is 1.29 bits per heavy atom. The topological polar surface area (TPSA) is 42.8 Å². The van der Waals surface area contributed by atoms with Crippen molar-refractivity contribution in [3.8, 4) is 5.75 Å². The molecule has 1 heterocycles. The Morgan fingerprint density at radius 2 is 2.10 bits per heavy atom. The van der Waals surface area contributed by atoms with Gasteiger partial charge in [-0.05, 0) is 30.5 Å². The van der Waals surface area contributed by atoms with Crippen molar-refractivity contribution in [1.29, 1.82) is 0 Å². The molecule has 0 radical (unpaired) electrons. The summed E-state index contributed by atoms with van der Waals surface area (Å²) < 4.78 is 5.24. The Hall–Kier alpha value is -1.85. The van der Waals surface area contributed by atoms with Crippen molar-refractivity contribution in [3.63, 3.8) is 0 Å². The maximum atomic E-state index is 12.2. The standard InChI is InChI=1S/C16H20N2O2S/c1-3-18(11-13-7-6-10-21-13)12-16(19)17-14-8-4-5-9-15(14)20-2/h4-10H,3,11-12H2,1-2H3,(H,17,19)/p+1. The molecule has 0 fully saturated rings. The summed E-state index contributed by atoms with van der Waals surface area (Å²) in [5.74, 6) is 0.690. The molecule has 1 aromatic carbocycles. The molecule has 0 saturated carbocycles. The van der Waals surface area contributed by atoms with Crippen LogP contribution in [0.1, 0.15) is 11.8 Å². The number of likely N-dealkylation sites (N-methyl/N-ethyl adjacent to an activating group) is 1. The largest absolute Gasteiger partial charge is 0.495 e. The van der Waals surface area contributed by atoms with Crippen molar-refractivity contribution in [2.45, 2.75) is 13.5 Å². The van der Waals surface area contributed by atoms with Crippen molar-refractivity contribution >= 4 is 22.9 Å². The Bertz CT molecular complexity index is 569. The average molecular weight is 305 g/mol. The highest BCUT2D eigenvalue weighted by molar-refractivity contribution is 7.09. The summed E-state index contributed by atoms with van der Waals surface area (Å²) >= 11 is 1.73. The fourth-order valence-electron chi connectivity index (χ4n) is 2.14. The van der Waals surface area contributed by atoms with Crippen molar-refractivity contribution in [3.05, 3.63) is 46.7 Å². The lowest BCUT2D eigenvalue weighted by atomic mass is 10.3. The molecule has 2 N–H and O–H groups in total. The molecule has 0 aliphatic carbocycles. The molecule has 0 aliphatic heterocycles. The second-order valence-corrected chi connectivity index (χ2v) is 5.82. The van der Waals surface area contributed by atoms with Gasteiger partial charge in [0.05, 0.1) is 24.2 Å². The van der Waals surface area contributed by atoms with E-state index in [2.05, 4.69) is 23.7 Å². The van der Waals surface area contributed by atoms with E-state index in [0.717, 1.165) is 18.8 Å². The molecule has 0 aliphatic rings. The van der Waals surface area contributed by atoms with Crippen LogP contribution in [0.2, 0.25) is 0 Å². The van der Waals surface area contributed by atoms with E-state index in [4.69, 9.17) is 4.74 Å². The molecule has 1 unspecified atom stereocenters. The zero-order valence-corrected chi connectivity index (χ0v) is 13.2. The number of anilines is 1. The second kappa shape index (κ2) is 7.81. The van der Waals surface area contributed by atoms with Crippen LogP contribution in [0, 0.1) is 0 Å². The third-order valence-electron chi connectivity index (χ3n) is 3.30. The molecule has 112 valence electrons. The number of carbonyl (C=O) groups excluding carboxylic acids is 1. The van der Waals surface area contributed by atoms with Gasteiger partial charge in [0.2, 0.25) is 0 Å². The molecule has 4 nitrogen and oxygen atoms in total. The minimum absolute atomic E-state index is 0.00732. The molecule has 5 heteroatoms. The SMILES string of the molecule is CC[NH+](CC(=O)Nc1ccccc1OC)Cc1cccs1. The third kappa shape index (κ3) is 4.58. The van der Waals surface area contributed by atoms with Crippen LogP contribution < -0.4 is 15.0 Å². The summed E-state index contributed by atoms with van der Waals surface area (Å²) in [5, 5.41) is 4.99. The minimum Gasteiger partial charge on any atom is -0.495 e. The number of thiophene rings is 1. The van der Waals surface area contributed by atoms with Gasteiger partial charge >= 0.3 is 0 Å². The van der Waals surface area contributed by atoms with Gasteiger partial charge in [-0.15, -0.1) is 11.3 Å². The number of ether oxygens (including phenoxy) is 1. The molecule has 1 aromatic heterocycles. The summed E-state index contributed by atoms with van der Waals surface area (Å²) in [7, 11) is 1.60. The molecule has 0 spiro atoms. The van der Waals surface area contributed by atoms with Gasteiger partial charge in [-0.25, -0.2) is 0 Å². The number of methoxy groups -OCH3 is 1. The number of carbonyl (C=O) groups is 1. The lowest BCUT2D eigenvalue weighted by Gasteiger charge is -2.17. The fourth-order valence-corrected chi connectivity index (χ4v) is 2.92. The van der Waals surface area contributed by atoms with Crippen LogP contribution in [0.5, 0.6) is 5.75 Å². The molecule has 2 aromatic rings. The number of amides is 1. The van der Waals surface area contributed by atoms with Crippen LogP contribution in [0.25, 0.3) is 0 Å². The molecule has 1 atom stereocenters. The Kier molecular flexibility index (Phi) is 5.78. The molecular formula is C16H21N2O2S+. The van der Waals surface area contributed by atoms with Gasteiger partial charge in [-0.3, -0.25) is 4.79 Å². The van der Waals surface area contributed by atoms with Crippen LogP contribution in [-0.4, -0.2) is 26.1 Å². The van der Waals surface area contributed by atoms with Crippen molar-refractivity contribution < 1.29 is 14.4 Å². The lowest BCUT2D eigenvalue weighted by molar-refractivity contribution is -0.903. The van der Waals surface area contributed by atoms with E-state index in [1.165, 1.54) is 9.78 Å². The van der Waals surface area contributed by atoms with E-state index in [0.29, 0.717) is 12.3 Å². The van der Waals surface area contributed by atoms with Crippen LogP contribution in [0.4, 0.5) is 5.69 Å². The van der Waals surface area contributed by atoms with E-state index in [1.54, 1.807) is 18.4 Å². The van der Waals surface area contributed by atoms with Crippen molar-refractivity contribution in [2.75, 3.05) is 25.5 Å². The zero-order chi connectivity index (χ0) is 15.1. The van der Waals surface area contributed by atoms with E-state index in [-0.39, 0.29) is 5.91 Å². The number of para-hydroxylation sites is 2. The normalized spacial score (nSPS) is 11.9. The number of nitrogens with one attached hydrogen (secondary N) is 2. The van der Waals surface area contributed by atoms with Crippen LogP contribution in [0.3, 0.4) is 0 Å². The third-order valence-corrected chi connectivity index (χ3v) is 4.17. The van der Waals surface area contributed by atoms with Gasteiger partial charge in [-0.2, -0.15) is 0 Å². The van der Waals surface area contributed by atoms with Crippen LogP contribution >= 0.6 is 11.3 Å². The predicted octanol–water partition coefficient (Wildman–Crippen LogP) is 1.80. The Balaban J connectivity index is 1.93. The first-order valence-electron chi connectivity index (χ1n) is 7.01. The molecule has 2 rings (SSSR count). The quantitative estimate of drug-likeness (QED) is 0.819. The van der Waals surface area contributed by atoms with E-state index in [9.17, 15) is 4.79 Å². The van der Waals surface area contributed by atoms with Crippen molar-refractivity contribution in [1.82, 2.24) is 0 Å². The highest BCUT2D eigenvalue weighted by Crippen LogP contribution is 2.22. The van der Waals surface area contributed by atoms with Gasteiger partial charge in [0.15, 0.2) is 6.54 Å². The maximum absolute atomic E-state index is 12.2. The highest BCUT2D eigenvalue weighted by atomic mass is 32.1.